The molecule has 2 aromatic rings. The molecule has 0 saturated heterocycles. The fourth-order valence-corrected chi connectivity index (χ4v) is 3.50. The summed E-state index contributed by atoms with van der Waals surface area (Å²) in [5.41, 5.74) is 2.41. The van der Waals surface area contributed by atoms with Gasteiger partial charge in [-0.1, -0.05) is 66.7 Å². The molecule has 0 aromatic heterocycles. The van der Waals surface area contributed by atoms with Crippen LogP contribution in [0.3, 0.4) is 0 Å². The van der Waals surface area contributed by atoms with Crippen molar-refractivity contribution in [3.05, 3.63) is 60.2 Å². The van der Waals surface area contributed by atoms with Gasteiger partial charge >= 0.3 is 0 Å². The van der Waals surface area contributed by atoms with Gasteiger partial charge in [-0.25, -0.2) is 8.42 Å². The third-order valence-corrected chi connectivity index (χ3v) is 5.75. The van der Waals surface area contributed by atoms with Crippen molar-refractivity contribution in [1.29, 1.82) is 0 Å². The minimum absolute atomic E-state index is 0.0473. The van der Waals surface area contributed by atoms with Gasteiger partial charge in [0.05, 0.1) is 6.61 Å². The molecule has 1 atom stereocenters. The van der Waals surface area contributed by atoms with Crippen LogP contribution in [0, 0.1) is 0 Å². The van der Waals surface area contributed by atoms with Crippen molar-refractivity contribution in [3.8, 4) is 11.1 Å². The summed E-state index contributed by atoms with van der Waals surface area (Å²) in [5.74, 6) is -0.140. The fourth-order valence-electron chi connectivity index (χ4n) is 2.34. The van der Waals surface area contributed by atoms with E-state index in [-0.39, 0.29) is 11.5 Å². The molecule has 0 aliphatic carbocycles. The topological polar surface area (TPSA) is 87.0 Å². The van der Waals surface area contributed by atoms with Crippen LogP contribution in [-0.2, 0) is 9.84 Å². The van der Waals surface area contributed by atoms with E-state index in [1.54, 1.807) is 12.1 Å². The van der Waals surface area contributed by atoms with E-state index in [4.69, 9.17) is 0 Å². The summed E-state index contributed by atoms with van der Waals surface area (Å²) in [5, 5.41) is 20.5. The molecule has 122 valence electrons. The summed E-state index contributed by atoms with van der Waals surface area (Å²) >= 11 is 0. The molecule has 0 radical (unpaired) electrons. The zero-order valence-electron chi connectivity index (χ0n) is 12.8. The van der Waals surface area contributed by atoms with Crippen molar-refractivity contribution >= 4 is 15.5 Å². The van der Waals surface area contributed by atoms with E-state index in [1.165, 1.54) is 6.92 Å². The first-order valence-electron chi connectivity index (χ1n) is 7.23. The second-order valence-corrected chi connectivity index (χ2v) is 7.52. The standard InChI is InChI=1S/C17H19NO4S/c1-2-23(21,22)16(12-19)17(18-20)15-10-8-14(9-11-15)13-6-4-3-5-7-13/h3-11,16,19-20H,2,12H2,1H3/b18-17-/t16-/m1/s1. The smallest absolute Gasteiger partial charge is 0.161 e. The summed E-state index contributed by atoms with van der Waals surface area (Å²) < 4.78 is 24.1. The zero-order chi connectivity index (χ0) is 16.9. The van der Waals surface area contributed by atoms with E-state index in [2.05, 4.69) is 5.16 Å². The number of nitrogens with zero attached hydrogens (tertiary/aromatic N) is 1. The number of aliphatic hydroxyl groups is 1. The van der Waals surface area contributed by atoms with Crippen molar-refractivity contribution in [2.24, 2.45) is 5.16 Å². The van der Waals surface area contributed by atoms with Gasteiger partial charge in [-0.3, -0.25) is 0 Å². The number of oxime groups is 1. The van der Waals surface area contributed by atoms with Crippen LogP contribution < -0.4 is 0 Å². The maximum absolute atomic E-state index is 12.0. The Morgan fingerprint density at radius 2 is 1.61 bits per heavy atom. The van der Waals surface area contributed by atoms with Gasteiger partial charge in [0.25, 0.3) is 0 Å². The molecule has 0 spiro atoms. The first-order valence-corrected chi connectivity index (χ1v) is 8.95. The highest BCUT2D eigenvalue weighted by molar-refractivity contribution is 7.92. The Labute approximate surface area is 135 Å². The maximum Gasteiger partial charge on any atom is 0.161 e. The van der Waals surface area contributed by atoms with Gasteiger partial charge in [-0.15, -0.1) is 0 Å². The molecule has 2 rings (SSSR count). The lowest BCUT2D eigenvalue weighted by Crippen LogP contribution is -2.35. The lowest BCUT2D eigenvalue weighted by atomic mass is 10.0. The number of sulfone groups is 1. The Morgan fingerprint density at radius 3 is 2.09 bits per heavy atom. The van der Waals surface area contributed by atoms with Crippen LogP contribution >= 0.6 is 0 Å². The monoisotopic (exact) mass is 333 g/mol. The van der Waals surface area contributed by atoms with E-state index in [1.807, 2.05) is 42.5 Å². The Morgan fingerprint density at radius 1 is 1.04 bits per heavy atom. The van der Waals surface area contributed by atoms with Gasteiger partial charge in [-0.2, -0.15) is 0 Å². The molecule has 0 unspecified atom stereocenters. The van der Waals surface area contributed by atoms with E-state index in [9.17, 15) is 18.7 Å². The molecule has 23 heavy (non-hydrogen) atoms. The third-order valence-electron chi connectivity index (χ3n) is 3.70. The van der Waals surface area contributed by atoms with E-state index >= 15 is 0 Å². The van der Waals surface area contributed by atoms with Gasteiger partial charge in [-0.05, 0) is 11.1 Å². The van der Waals surface area contributed by atoms with Crippen molar-refractivity contribution in [3.63, 3.8) is 0 Å². The van der Waals surface area contributed by atoms with Gasteiger partial charge in [0.15, 0.2) is 9.84 Å². The second-order valence-electron chi connectivity index (χ2n) is 5.05. The summed E-state index contributed by atoms with van der Waals surface area (Å²) in [6.07, 6.45) is 0. The lowest BCUT2D eigenvalue weighted by Gasteiger charge is -2.16. The van der Waals surface area contributed by atoms with Crippen molar-refractivity contribution in [1.82, 2.24) is 0 Å². The Kier molecular flexibility index (Phi) is 5.52. The number of benzene rings is 2. The van der Waals surface area contributed by atoms with Crippen LogP contribution in [0.1, 0.15) is 12.5 Å². The van der Waals surface area contributed by atoms with Gasteiger partial charge < -0.3 is 10.3 Å². The quantitative estimate of drug-likeness (QED) is 0.482. The van der Waals surface area contributed by atoms with Crippen molar-refractivity contribution < 1.29 is 18.7 Å². The first-order chi connectivity index (χ1) is 11.0. The molecule has 0 saturated carbocycles. The molecule has 0 bridgehead atoms. The lowest BCUT2D eigenvalue weighted by molar-refractivity contribution is 0.296. The maximum atomic E-state index is 12.0. The predicted octanol–water partition coefficient (Wildman–Crippen LogP) is 2.33. The molecule has 0 fully saturated rings. The molecule has 0 amide bonds. The number of hydrogen-bond donors (Lipinski definition) is 2. The minimum atomic E-state index is -3.57. The van der Waals surface area contributed by atoms with Crippen LogP contribution in [0.25, 0.3) is 11.1 Å². The summed E-state index contributed by atoms with van der Waals surface area (Å²) in [4.78, 5) is 0. The number of aliphatic hydroxyl groups excluding tert-OH is 1. The average molecular weight is 333 g/mol. The first kappa shape index (κ1) is 17.2. The molecule has 6 heteroatoms. The second kappa shape index (κ2) is 7.39. The van der Waals surface area contributed by atoms with Crippen LogP contribution in [0.5, 0.6) is 0 Å². The van der Waals surface area contributed by atoms with E-state index in [0.717, 1.165) is 11.1 Å². The highest BCUT2D eigenvalue weighted by atomic mass is 32.2. The molecular weight excluding hydrogens is 314 g/mol. The molecule has 0 heterocycles. The molecule has 2 aromatic carbocycles. The van der Waals surface area contributed by atoms with E-state index in [0.29, 0.717) is 5.56 Å². The summed E-state index contributed by atoms with van der Waals surface area (Å²) in [6.45, 7) is 0.863. The average Bonchev–Trinajstić information content (AvgIpc) is 2.60. The van der Waals surface area contributed by atoms with Gasteiger partial charge in [0.2, 0.25) is 0 Å². The number of hydrogen-bond acceptors (Lipinski definition) is 5. The highest BCUT2D eigenvalue weighted by Gasteiger charge is 2.30. The van der Waals surface area contributed by atoms with Gasteiger partial charge in [0, 0.05) is 11.3 Å². The van der Waals surface area contributed by atoms with Crippen LogP contribution in [0.2, 0.25) is 0 Å². The number of rotatable bonds is 6. The predicted molar refractivity (Wildman–Crippen MR) is 90.5 cm³/mol. The zero-order valence-corrected chi connectivity index (χ0v) is 13.6. The van der Waals surface area contributed by atoms with Gasteiger partial charge in [0.1, 0.15) is 11.0 Å². The third kappa shape index (κ3) is 3.78. The minimum Gasteiger partial charge on any atom is -0.411 e. The Bertz CT molecular complexity index is 768. The molecule has 0 aliphatic rings. The van der Waals surface area contributed by atoms with Crippen LogP contribution in [-0.4, -0.2) is 42.1 Å². The largest absolute Gasteiger partial charge is 0.411 e. The fraction of sp³-hybridized carbons (Fsp3) is 0.235. The van der Waals surface area contributed by atoms with Crippen molar-refractivity contribution in [2.75, 3.05) is 12.4 Å². The Balaban J connectivity index is 2.37. The normalized spacial score (nSPS) is 13.7. The molecule has 0 aliphatic heterocycles. The molecule has 2 N–H and O–H groups in total. The van der Waals surface area contributed by atoms with Crippen LogP contribution in [0.15, 0.2) is 59.8 Å². The van der Waals surface area contributed by atoms with Crippen molar-refractivity contribution in [2.45, 2.75) is 12.2 Å². The summed E-state index contributed by atoms with van der Waals surface area (Å²) in [7, 11) is -3.57. The Hall–Kier alpha value is -2.18. The highest BCUT2D eigenvalue weighted by Crippen LogP contribution is 2.21. The molecule has 5 nitrogen and oxygen atoms in total. The van der Waals surface area contributed by atoms with Crippen LogP contribution in [0.4, 0.5) is 0 Å². The molecular formula is C17H19NO4S. The van der Waals surface area contributed by atoms with E-state index < -0.39 is 21.7 Å². The summed E-state index contributed by atoms with van der Waals surface area (Å²) in [6, 6.07) is 16.7. The SMILES string of the molecule is CCS(=O)(=O)[C@H](CO)/C(=N\O)c1ccc(-c2ccccc2)cc1.